The summed E-state index contributed by atoms with van der Waals surface area (Å²) < 4.78 is 7.19. The Morgan fingerprint density at radius 2 is 1.81 bits per heavy atom. The van der Waals surface area contributed by atoms with Crippen LogP contribution >= 0.6 is 11.6 Å². The van der Waals surface area contributed by atoms with E-state index in [1.54, 1.807) is 19.5 Å². The first-order chi connectivity index (χ1) is 13.2. The SMILES string of the molecule is COc1cc(-c2nn(-c3cccc(N)c3)cc2-c2ccncc2)ccc1Cl. The van der Waals surface area contributed by atoms with Crippen LogP contribution in [0.4, 0.5) is 5.69 Å². The van der Waals surface area contributed by atoms with Gasteiger partial charge in [0.1, 0.15) is 11.4 Å². The van der Waals surface area contributed by atoms with Gasteiger partial charge in [-0.25, -0.2) is 4.68 Å². The van der Waals surface area contributed by atoms with E-state index in [0.29, 0.717) is 16.5 Å². The fraction of sp³-hybridized carbons (Fsp3) is 0.0476. The number of hydrogen-bond donors (Lipinski definition) is 1. The Morgan fingerprint density at radius 3 is 2.56 bits per heavy atom. The average Bonchev–Trinajstić information content (AvgIpc) is 3.14. The highest BCUT2D eigenvalue weighted by Gasteiger charge is 2.16. The number of nitrogen functional groups attached to an aromatic ring is 1. The lowest BCUT2D eigenvalue weighted by Gasteiger charge is -2.07. The second kappa shape index (κ2) is 7.13. The Balaban J connectivity index is 1.92. The molecule has 0 saturated heterocycles. The van der Waals surface area contributed by atoms with Gasteiger partial charge in [-0.3, -0.25) is 4.98 Å². The predicted octanol–water partition coefficient (Wildman–Crippen LogP) is 4.85. The average molecular weight is 377 g/mol. The van der Waals surface area contributed by atoms with Crippen molar-refractivity contribution in [3.63, 3.8) is 0 Å². The van der Waals surface area contributed by atoms with E-state index >= 15 is 0 Å². The van der Waals surface area contributed by atoms with Crippen LogP contribution in [-0.2, 0) is 0 Å². The number of hydrogen-bond acceptors (Lipinski definition) is 4. The summed E-state index contributed by atoms with van der Waals surface area (Å²) in [6.45, 7) is 0. The van der Waals surface area contributed by atoms with E-state index < -0.39 is 0 Å². The van der Waals surface area contributed by atoms with Crippen LogP contribution in [0.15, 0.2) is 73.2 Å². The summed E-state index contributed by atoms with van der Waals surface area (Å²) in [5, 5.41) is 5.37. The topological polar surface area (TPSA) is 66.0 Å². The third-order valence-corrected chi connectivity index (χ3v) is 4.58. The summed E-state index contributed by atoms with van der Waals surface area (Å²) >= 11 is 6.19. The maximum absolute atomic E-state index is 6.19. The Hall–Kier alpha value is -3.31. The molecular formula is C21H17ClN4O. The van der Waals surface area contributed by atoms with E-state index in [9.17, 15) is 0 Å². The zero-order valence-corrected chi connectivity index (χ0v) is 15.4. The van der Waals surface area contributed by atoms with Crippen LogP contribution < -0.4 is 10.5 Å². The molecule has 0 radical (unpaired) electrons. The standard InChI is InChI=1S/C21H17ClN4O/c1-27-20-11-15(5-6-19(20)22)21-18(14-7-9-24-10-8-14)13-26(25-21)17-4-2-3-16(23)12-17/h2-13H,23H2,1H3. The van der Waals surface area contributed by atoms with E-state index in [-0.39, 0.29) is 0 Å². The van der Waals surface area contributed by atoms with Crippen molar-refractivity contribution in [3.05, 3.63) is 78.2 Å². The van der Waals surface area contributed by atoms with Crippen LogP contribution in [0, 0.1) is 0 Å². The van der Waals surface area contributed by atoms with Crippen molar-refractivity contribution in [1.29, 1.82) is 0 Å². The highest BCUT2D eigenvalue weighted by molar-refractivity contribution is 6.32. The molecule has 0 bridgehead atoms. The lowest BCUT2D eigenvalue weighted by atomic mass is 10.0. The summed E-state index contributed by atoms with van der Waals surface area (Å²) in [5.74, 6) is 0.605. The minimum absolute atomic E-state index is 0.557. The fourth-order valence-corrected chi connectivity index (χ4v) is 3.13. The van der Waals surface area contributed by atoms with Crippen molar-refractivity contribution in [2.45, 2.75) is 0 Å². The molecule has 4 aromatic rings. The molecule has 0 aliphatic carbocycles. The van der Waals surface area contributed by atoms with Crippen LogP contribution in [0.25, 0.3) is 28.1 Å². The molecule has 4 rings (SSSR count). The zero-order chi connectivity index (χ0) is 18.8. The number of pyridine rings is 1. The van der Waals surface area contributed by atoms with Gasteiger partial charge in [0, 0.05) is 35.4 Å². The Kier molecular flexibility index (Phi) is 4.52. The molecule has 27 heavy (non-hydrogen) atoms. The molecule has 0 saturated carbocycles. The van der Waals surface area contributed by atoms with Crippen molar-refractivity contribution >= 4 is 17.3 Å². The number of rotatable bonds is 4. The Labute approximate surface area is 162 Å². The minimum Gasteiger partial charge on any atom is -0.495 e. The van der Waals surface area contributed by atoms with Gasteiger partial charge in [-0.1, -0.05) is 23.7 Å². The molecule has 0 aliphatic rings. The third-order valence-electron chi connectivity index (χ3n) is 4.26. The van der Waals surface area contributed by atoms with Crippen molar-refractivity contribution < 1.29 is 4.74 Å². The molecule has 0 unspecified atom stereocenters. The number of anilines is 1. The van der Waals surface area contributed by atoms with Gasteiger partial charge in [0.15, 0.2) is 0 Å². The Morgan fingerprint density at radius 1 is 1.00 bits per heavy atom. The van der Waals surface area contributed by atoms with Gasteiger partial charge in [-0.15, -0.1) is 0 Å². The highest BCUT2D eigenvalue weighted by Crippen LogP contribution is 2.35. The van der Waals surface area contributed by atoms with Crippen molar-refractivity contribution in [3.8, 4) is 33.8 Å². The summed E-state index contributed by atoms with van der Waals surface area (Å²) in [4.78, 5) is 4.11. The number of benzene rings is 2. The van der Waals surface area contributed by atoms with Crippen molar-refractivity contribution in [2.75, 3.05) is 12.8 Å². The minimum atomic E-state index is 0.557. The first-order valence-corrected chi connectivity index (χ1v) is 8.73. The number of nitrogens with zero attached hydrogens (tertiary/aromatic N) is 3. The molecule has 2 N–H and O–H groups in total. The lowest BCUT2D eigenvalue weighted by Crippen LogP contribution is -1.96. The zero-order valence-electron chi connectivity index (χ0n) is 14.6. The second-order valence-electron chi connectivity index (χ2n) is 6.02. The molecule has 0 spiro atoms. The smallest absolute Gasteiger partial charge is 0.138 e. The lowest BCUT2D eigenvalue weighted by molar-refractivity contribution is 0.415. The molecular weight excluding hydrogens is 360 g/mol. The van der Waals surface area contributed by atoms with Crippen LogP contribution in [0.1, 0.15) is 0 Å². The van der Waals surface area contributed by atoms with Crippen LogP contribution in [0.3, 0.4) is 0 Å². The van der Waals surface area contributed by atoms with Crippen LogP contribution in [-0.4, -0.2) is 21.9 Å². The van der Waals surface area contributed by atoms with Gasteiger partial charge < -0.3 is 10.5 Å². The Bertz CT molecular complexity index is 1090. The molecule has 0 aliphatic heterocycles. The molecule has 2 aromatic heterocycles. The van der Waals surface area contributed by atoms with Crippen LogP contribution in [0.2, 0.25) is 5.02 Å². The summed E-state index contributed by atoms with van der Waals surface area (Å²) in [7, 11) is 1.60. The summed E-state index contributed by atoms with van der Waals surface area (Å²) in [6.07, 6.45) is 5.51. The number of aromatic nitrogens is 3. The highest BCUT2D eigenvalue weighted by atomic mass is 35.5. The predicted molar refractivity (Wildman–Crippen MR) is 108 cm³/mol. The second-order valence-corrected chi connectivity index (χ2v) is 6.42. The number of methoxy groups -OCH3 is 1. The third kappa shape index (κ3) is 3.37. The maximum atomic E-state index is 6.19. The first kappa shape index (κ1) is 17.1. The molecule has 6 heteroatoms. The van der Waals surface area contributed by atoms with E-state index in [2.05, 4.69) is 4.98 Å². The van der Waals surface area contributed by atoms with Crippen LogP contribution in [0.5, 0.6) is 5.75 Å². The quantitative estimate of drug-likeness (QED) is 0.517. The van der Waals surface area contributed by atoms with Gasteiger partial charge in [0.05, 0.1) is 17.8 Å². The van der Waals surface area contributed by atoms with Gasteiger partial charge >= 0.3 is 0 Å². The van der Waals surface area contributed by atoms with E-state index in [1.807, 2.05) is 65.5 Å². The monoisotopic (exact) mass is 376 g/mol. The molecule has 0 amide bonds. The number of nitrogens with two attached hydrogens (primary N) is 1. The number of ether oxygens (including phenoxy) is 1. The molecule has 0 fully saturated rings. The van der Waals surface area contributed by atoms with Gasteiger partial charge in [-0.05, 0) is 48.0 Å². The van der Waals surface area contributed by atoms with Gasteiger partial charge in [0.25, 0.3) is 0 Å². The van der Waals surface area contributed by atoms with E-state index in [1.165, 1.54) is 0 Å². The summed E-state index contributed by atoms with van der Waals surface area (Å²) in [6, 6.07) is 17.1. The van der Waals surface area contributed by atoms with Gasteiger partial charge in [0.2, 0.25) is 0 Å². The van der Waals surface area contributed by atoms with Crippen molar-refractivity contribution in [2.24, 2.45) is 0 Å². The fourth-order valence-electron chi connectivity index (χ4n) is 2.94. The first-order valence-electron chi connectivity index (χ1n) is 8.35. The van der Waals surface area contributed by atoms with E-state index in [0.717, 1.165) is 28.1 Å². The number of halogens is 1. The molecule has 2 heterocycles. The maximum Gasteiger partial charge on any atom is 0.138 e. The van der Waals surface area contributed by atoms with Gasteiger partial charge in [-0.2, -0.15) is 5.10 Å². The molecule has 5 nitrogen and oxygen atoms in total. The van der Waals surface area contributed by atoms with Crippen molar-refractivity contribution in [1.82, 2.24) is 14.8 Å². The molecule has 2 aromatic carbocycles. The molecule has 134 valence electrons. The molecule has 0 atom stereocenters. The summed E-state index contributed by atoms with van der Waals surface area (Å²) in [5.41, 5.74) is 11.2. The normalized spacial score (nSPS) is 10.7. The van der Waals surface area contributed by atoms with E-state index in [4.69, 9.17) is 27.2 Å². The largest absolute Gasteiger partial charge is 0.495 e.